The van der Waals surface area contributed by atoms with E-state index in [4.69, 9.17) is 16.9 Å². The van der Waals surface area contributed by atoms with Gasteiger partial charge in [0.2, 0.25) is 0 Å². The van der Waals surface area contributed by atoms with Gasteiger partial charge in [0.15, 0.2) is 0 Å². The van der Waals surface area contributed by atoms with Crippen molar-refractivity contribution in [3.63, 3.8) is 0 Å². The van der Waals surface area contributed by atoms with Gasteiger partial charge in [0.1, 0.15) is 0 Å². The first-order valence-corrected chi connectivity index (χ1v) is 3.15. The van der Waals surface area contributed by atoms with Gasteiger partial charge in [0.25, 0.3) is 0 Å². The minimum absolute atomic E-state index is 0.810. The van der Waals surface area contributed by atoms with E-state index in [9.17, 15) is 0 Å². The largest absolute Gasteiger partial charge is 0.202 e. The topological polar surface area (TPSA) is 23.8 Å². The number of aryl methyl sites for hydroxylation is 1. The van der Waals surface area contributed by atoms with Crippen LogP contribution in [-0.4, -0.2) is 0 Å². The van der Waals surface area contributed by atoms with E-state index in [-0.39, 0.29) is 0 Å². The zero-order chi connectivity index (χ0) is 7.98. The summed E-state index contributed by atoms with van der Waals surface area (Å²) in [5.41, 5.74) is 1.21. The summed E-state index contributed by atoms with van der Waals surface area (Å²) in [4.78, 5) is 0. The highest BCUT2D eigenvalue weighted by Gasteiger charge is 1.82. The quantitative estimate of drug-likeness (QED) is 0.562. The second kappa shape index (κ2) is 4.84. The zero-order valence-corrected chi connectivity index (χ0v) is 6.47. The Morgan fingerprint density at radius 1 is 1.40 bits per heavy atom. The molecule has 0 heterocycles. The fourth-order valence-electron chi connectivity index (χ4n) is 0.606. The fourth-order valence-corrected chi connectivity index (χ4v) is 0.850. The van der Waals surface area contributed by atoms with Crippen molar-refractivity contribution in [1.82, 2.24) is 0 Å². The van der Waals surface area contributed by atoms with Gasteiger partial charge >= 0.3 is 0 Å². The molecule has 0 radical (unpaired) electrons. The number of rotatable bonds is 0. The molecule has 0 aliphatic rings. The first kappa shape index (κ1) is 9.00. The normalized spacial score (nSPS) is 7.60. The molecule has 0 unspecified atom stereocenters. The fraction of sp³-hybridized carbons (Fsp3) is 0.125. The highest BCUT2D eigenvalue weighted by Crippen LogP contribution is 2.08. The van der Waals surface area contributed by atoms with Crippen LogP contribution in [0.5, 0.6) is 0 Å². The van der Waals surface area contributed by atoms with E-state index < -0.39 is 0 Å². The highest BCUT2D eigenvalue weighted by atomic mass is 35.5. The second-order valence-corrected chi connectivity index (χ2v) is 2.24. The highest BCUT2D eigenvalue weighted by molar-refractivity contribution is 6.30. The van der Waals surface area contributed by atoms with Crippen LogP contribution >= 0.6 is 11.6 Å². The van der Waals surface area contributed by atoms with E-state index in [0.29, 0.717) is 0 Å². The van der Waals surface area contributed by atoms with E-state index in [0.717, 1.165) is 5.02 Å². The first-order valence-electron chi connectivity index (χ1n) is 2.77. The van der Waals surface area contributed by atoms with E-state index in [1.54, 1.807) is 0 Å². The third-order valence-corrected chi connectivity index (χ3v) is 1.22. The van der Waals surface area contributed by atoms with Crippen LogP contribution in [0.15, 0.2) is 24.3 Å². The van der Waals surface area contributed by atoms with Gasteiger partial charge in [-0.15, -0.1) is 0 Å². The Morgan fingerprint density at radius 2 is 2.00 bits per heavy atom. The maximum Gasteiger partial charge on any atom is 0.0462 e. The van der Waals surface area contributed by atoms with Crippen LogP contribution in [-0.2, 0) is 0 Å². The molecule has 2 heteroatoms. The number of halogens is 1. The predicted molar refractivity (Wildman–Crippen MR) is 42.9 cm³/mol. The van der Waals surface area contributed by atoms with Crippen LogP contribution in [0.25, 0.3) is 0 Å². The minimum Gasteiger partial charge on any atom is -0.202 e. The molecule has 0 bridgehead atoms. The van der Waals surface area contributed by atoms with Crippen molar-refractivity contribution < 1.29 is 0 Å². The molecule has 0 fully saturated rings. The Bertz CT molecular complexity index is 200. The van der Waals surface area contributed by atoms with Gasteiger partial charge in [-0.25, -0.2) is 5.26 Å². The van der Waals surface area contributed by atoms with Crippen molar-refractivity contribution in [2.75, 3.05) is 0 Å². The summed E-state index contributed by atoms with van der Waals surface area (Å²) < 4.78 is 0. The van der Waals surface area contributed by atoms with Crippen LogP contribution in [0.3, 0.4) is 0 Å². The lowest BCUT2D eigenvalue weighted by molar-refractivity contribution is 1.47. The smallest absolute Gasteiger partial charge is 0.0462 e. The van der Waals surface area contributed by atoms with Crippen molar-refractivity contribution >= 4 is 11.6 Å². The van der Waals surface area contributed by atoms with Crippen molar-refractivity contribution in [2.45, 2.75) is 6.92 Å². The summed E-state index contributed by atoms with van der Waals surface area (Å²) in [6.45, 7) is 5.52. The van der Waals surface area contributed by atoms with Gasteiger partial charge in [-0.1, -0.05) is 23.7 Å². The molecule has 0 aliphatic heterocycles. The van der Waals surface area contributed by atoms with E-state index >= 15 is 0 Å². The maximum absolute atomic E-state index is 6.50. The molecule has 52 valence electrons. The molecular formula is C8H8ClN. The van der Waals surface area contributed by atoms with Gasteiger partial charge in [-0.2, -0.15) is 0 Å². The van der Waals surface area contributed by atoms with Crippen LogP contribution in [0.4, 0.5) is 0 Å². The summed E-state index contributed by atoms with van der Waals surface area (Å²) >= 11 is 5.64. The lowest BCUT2D eigenvalue weighted by Crippen LogP contribution is -1.66. The van der Waals surface area contributed by atoms with Gasteiger partial charge in [-0.05, 0) is 24.6 Å². The number of nitriles is 1. The van der Waals surface area contributed by atoms with Gasteiger partial charge in [0.05, 0.1) is 0 Å². The molecule has 0 saturated carbocycles. The van der Waals surface area contributed by atoms with Crippen LogP contribution in [0.2, 0.25) is 5.02 Å². The number of benzene rings is 1. The number of hydrogen-bond donors (Lipinski definition) is 0. The van der Waals surface area contributed by atoms with Crippen molar-refractivity contribution in [3.05, 3.63) is 34.9 Å². The van der Waals surface area contributed by atoms with Crippen LogP contribution in [0, 0.1) is 18.8 Å². The van der Waals surface area contributed by atoms with Crippen LogP contribution < -0.4 is 0 Å². The molecule has 0 atom stereocenters. The van der Waals surface area contributed by atoms with Gasteiger partial charge in [-0.3, -0.25) is 0 Å². The molecule has 0 aliphatic carbocycles. The Hall–Kier alpha value is -1.00. The SMILES string of the molecule is C#N.Cc1cccc(Cl)c1. The molecule has 10 heavy (non-hydrogen) atoms. The third-order valence-electron chi connectivity index (χ3n) is 0.980. The molecule has 0 saturated heterocycles. The summed E-state index contributed by atoms with van der Waals surface area (Å²) in [6, 6.07) is 7.76. The maximum atomic E-state index is 6.50. The third kappa shape index (κ3) is 3.11. The van der Waals surface area contributed by atoms with E-state index in [2.05, 4.69) is 6.57 Å². The standard InChI is InChI=1S/C7H7Cl.CHN/c1-6-3-2-4-7(8)5-6;1-2/h2-5H,1H3;1H. The molecule has 0 aromatic heterocycles. The zero-order valence-electron chi connectivity index (χ0n) is 5.71. The molecule has 0 amide bonds. The molecule has 1 aromatic rings. The number of nitrogens with zero attached hydrogens (tertiary/aromatic N) is 1. The Labute approximate surface area is 65.9 Å². The summed E-state index contributed by atoms with van der Waals surface area (Å²) in [6.07, 6.45) is 0. The van der Waals surface area contributed by atoms with Crippen molar-refractivity contribution in [1.29, 1.82) is 5.26 Å². The molecule has 1 aromatic carbocycles. The monoisotopic (exact) mass is 153 g/mol. The minimum atomic E-state index is 0.810. The number of hydrogen-bond acceptors (Lipinski definition) is 1. The summed E-state index contributed by atoms with van der Waals surface area (Å²) in [5, 5.41) is 7.31. The molecular weight excluding hydrogens is 146 g/mol. The molecule has 1 nitrogen and oxygen atoms in total. The first-order chi connectivity index (χ1) is 4.79. The Morgan fingerprint density at radius 3 is 2.30 bits per heavy atom. The van der Waals surface area contributed by atoms with E-state index in [1.807, 2.05) is 31.2 Å². The van der Waals surface area contributed by atoms with Crippen molar-refractivity contribution in [3.8, 4) is 6.57 Å². The van der Waals surface area contributed by atoms with Crippen LogP contribution in [0.1, 0.15) is 5.56 Å². The molecule has 0 N–H and O–H groups in total. The van der Waals surface area contributed by atoms with E-state index in [1.165, 1.54) is 5.56 Å². The van der Waals surface area contributed by atoms with Gasteiger partial charge in [0, 0.05) is 11.6 Å². The van der Waals surface area contributed by atoms with Crippen molar-refractivity contribution in [2.24, 2.45) is 0 Å². The summed E-state index contributed by atoms with van der Waals surface area (Å²) in [5.74, 6) is 0. The summed E-state index contributed by atoms with van der Waals surface area (Å²) in [7, 11) is 0. The lowest BCUT2D eigenvalue weighted by Gasteiger charge is -1.88. The Kier molecular flexibility index (Phi) is 4.36. The lowest BCUT2D eigenvalue weighted by atomic mass is 10.2. The Balaban J connectivity index is 0.000000371. The predicted octanol–water partition coefficient (Wildman–Crippen LogP) is 2.79. The molecule has 1 rings (SSSR count). The second-order valence-electron chi connectivity index (χ2n) is 1.80. The molecule has 0 spiro atoms. The van der Waals surface area contributed by atoms with Gasteiger partial charge < -0.3 is 0 Å². The average Bonchev–Trinajstić information content (AvgIpc) is 1.91. The average molecular weight is 154 g/mol.